The lowest BCUT2D eigenvalue weighted by Crippen LogP contribution is -2.30. The fourth-order valence-electron chi connectivity index (χ4n) is 0.857. The molecule has 0 aliphatic carbocycles. The first-order valence-electron chi connectivity index (χ1n) is 3.33. The molecule has 0 aliphatic rings. The van der Waals surface area contributed by atoms with Crippen LogP contribution in [0.25, 0.3) is 0 Å². The Hall–Kier alpha value is -1.42. The summed E-state index contributed by atoms with van der Waals surface area (Å²) in [4.78, 5) is 1.54. The van der Waals surface area contributed by atoms with Crippen LogP contribution in [0.4, 0.5) is 0 Å². The minimum atomic E-state index is -3.74. The standard InChI is InChI=1S/C7H7N3O2S/c8-5-6-3-1-2-4-7(6)13(11,12)10-9/h1-4,10H,9H2. The van der Waals surface area contributed by atoms with Crippen LogP contribution in [0.1, 0.15) is 5.56 Å². The van der Waals surface area contributed by atoms with E-state index in [0.717, 1.165) is 0 Å². The number of nitrogens with one attached hydrogen (secondary N) is 1. The third-order valence-electron chi connectivity index (χ3n) is 1.45. The Morgan fingerprint density at radius 3 is 2.54 bits per heavy atom. The highest BCUT2D eigenvalue weighted by Crippen LogP contribution is 2.12. The van der Waals surface area contributed by atoms with Gasteiger partial charge in [0.2, 0.25) is 0 Å². The first-order valence-corrected chi connectivity index (χ1v) is 4.81. The van der Waals surface area contributed by atoms with Gasteiger partial charge in [0.15, 0.2) is 0 Å². The number of nitriles is 1. The number of benzene rings is 1. The van der Waals surface area contributed by atoms with Gasteiger partial charge >= 0.3 is 0 Å². The van der Waals surface area contributed by atoms with Crippen molar-refractivity contribution >= 4 is 10.0 Å². The molecule has 0 atom stereocenters. The maximum absolute atomic E-state index is 11.2. The van der Waals surface area contributed by atoms with Gasteiger partial charge in [-0.25, -0.2) is 8.42 Å². The predicted octanol–water partition coefficient (Wildman–Crippen LogP) is -0.290. The van der Waals surface area contributed by atoms with Gasteiger partial charge in [-0.3, -0.25) is 5.84 Å². The van der Waals surface area contributed by atoms with Gasteiger partial charge in [0.1, 0.15) is 11.0 Å². The highest BCUT2D eigenvalue weighted by atomic mass is 32.2. The van der Waals surface area contributed by atoms with Gasteiger partial charge in [-0.05, 0) is 12.1 Å². The summed E-state index contributed by atoms with van der Waals surface area (Å²) in [5.41, 5.74) is 0.0699. The van der Waals surface area contributed by atoms with Gasteiger partial charge in [0.05, 0.1) is 5.56 Å². The molecule has 0 fully saturated rings. The molecule has 5 nitrogen and oxygen atoms in total. The fourth-order valence-corrected chi connectivity index (χ4v) is 1.64. The van der Waals surface area contributed by atoms with E-state index >= 15 is 0 Å². The van der Waals surface area contributed by atoms with Crippen LogP contribution in [-0.2, 0) is 10.0 Å². The molecule has 13 heavy (non-hydrogen) atoms. The van der Waals surface area contributed by atoms with Crippen molar-refractivity contribution in [2.75, 3.05) is 0 Å². The number of hydrogen-bond acceptors (Lipinski definition) is 4. The van der Waals surface area contributed by atoms with Crippen molar-refractivity contribution in [3.05, 3.63) is 29.8 Å². The summed E-state index contributed by atoms with van der Waals surface area (Å²) in [7, 11) is -3.74. The van der Waals surface area contributed by atoms with Crippen LogP contribution in [0.5, 0.6) is 0 Å². The molecule has 1 aromatic rings. The van der Waals surface area contributed by atoms with Gasteiger partial charge in [-0.15, -0.1) is 0 Å². The van der Waals surface area contributed by atoms with E-state index in [2.05, 4.69) is 0 Å². The SMILES string of the molecule is N#Cc1ccccc1S(=O)(=O)NN. The van der Waals surface area contributed by atoms with E-state index in [1.165, 1.54) is 18.2 Å². The second-order valence-electron chi connectivity index (χ2n) is 2.23. The molecule has 3 N–H and O–H groups in total. The summed E-state index contributed by atoms with van der Waals surface area (Å²) in [6.45, 7) is 0. The van der Waals surface area contributed by atoms with Gasteiger partial charge in [-0.2, -0.15) is 10.1 Å². The second-order valence-corrected chi connectivity index (χ2v) is 3.91. The lowest BCUT2D eigenvalue weighted by atomic mass is 10.2. The van der Waals surface area contributed by atoms with Crippen molar-refractivity contribution in [3.63, 3.8) is 0 Å². The molecule has 1 aromatic carbocycles. The summed E-state index contributed by atoms with van der Waals surface area (Å²) in [6, 6.07) is 7.58. The van der Waals surface area contributed by atoms with E-state index in [9.17, 15) is 8.42 Å². The molecular weight excluding hydrogens is 190 g/mol. The molecule has 0 bridgehead atoms. The summed E-state index contributed by atoms with van der Waals surface area (Å²) < 4.78 is 22.4. The Morgan fingerprint density at radius 1 is 1.38 bits per heavy atom. The van der Waals surface area contributed by atoms with Gasteiger partial charge in [0.25, 0.3) is 10.0 Å². The number of nitrogens with zero attached hydrogens (tertiary/aromatic N) is 1. The van der Waals surface area contributed by atoms with E-state index in [-0.39, 0.29) is 10.5 Å². The smallest absolute Gasteiger partial charge is 0.254 e. The number of hydrogen-bond donors (Lipinski definition) is 2. The maximum atomic E-state index is 11.2. The predicted molar refractivity (Wildman–Crippen MR) is 45.7 cm³/mol. The Labute approximate surface area is 75.8 Å². The number of sulfonamides is 1. The van der Waals surface area contributed by atoms with Gasteiger partial charge in [0, 0.05) is 0 Å². The topological polar surface area (TPSA) is 96.0 Å². The lowest BCUT2D eigenvalue weighted by molar-refractivity contribution is 0.584. The van der Waals surface area contributed by atoms with Crippen molar-refractivity contribution in [3.8, 4) is 6.07 Å². The molecule has 0 spiro atoms. The van der Waals surface area contributed by atoms with Crippen LogP contribution in [0.15, 0.2) is 29.2 Å². The summed E-state index contributed by atoms with van der Waals surface area (Å²) in [5, 5.41) is 8.59. The first kappa shape index (κ1) is 9.67. The van der Waals surface area contributed by atoms with E-state index in [1.807, 2.05) is 0 Å². The van der Waals surface area contributed by atoms with Gasteiger partial charge in [-0.1, -0.05) is 12.1 Å². The highest BCUT2D eigenvalue weighted by molar-refractivity contribution is 7.89. The molecule has 68 valence electrons. The van der Waals surface area contributed by atoms with Crippen LogP contribution < -0.4 is 10.7 Å². The van der Waals surface area contributed by atoms with Crippen LogP contribution in [0.3, 0.4) is 0 Å². The molecule has 1 rings (SSSR count). The average Bonchev–Trinajstić information content (AvgIpc) is 2.18. The normalized spacial score (nSPS) is 10.8. The molecule has 0 saturated carbocycles. The van der Waals surface area contributed by atoms with E-state index < -0.39 is 10.0 Å². The molecule has 0 unspecified atom stereocenters. The Kier molecular flexibility index (Phi) is 2.63. The van der Waals surface area contributed by atoms with Crippen molar-refractivity contribution in [2.24, 2.45) is 5.84 Å². The summed E-state index contributed by atoms with van der Waals surface area (Å²) in [6.07, 6.45) is 0. The molecule has 0 saturated heterocycles. The largest absolute Gasteiger partial charge is 0.257 e. The number of nitrogens with two attached hydrogens (primary N) is 1. The minimum Gasteiger partial charge on any atom is -0.257 e. The number of hydrazine groups is 1. The van der Waals surface area contributed by atoms with Crippen LogP contribution in [0, 0.1) is 11.3 Å². The minimum absolute atomic E-state index is 0.0699. The molecule has 0 radical (unpaired) electrons. The Balaban J connectivity index is 3.40. The maximum Gasteiger partial charge on any atom is 0.254 e. The monoisotopic (exact) mass is 197 g/mol. The van der Waals surface area contributed by atoms with Crippen LogP contribution in [0.2, 0.25) is 0 Å². The third-order valence-corrected chi connectivity index (χ3v) is 2.70. The van der Waals surface area contributed by atoms with E-state index in [0.29, 0.717) is 0 Å². The molecular formula is C7H7N3O2S. The van der Waals surface area contributed by atoms with Crippen molar-refractivity contribution < 1.29 is 8.42 Å². The zero-order valence-electron chi connectivity index (χ0n) is 6.56. The zero-order chi connectivity index (χ0) is 9.90. The molecule has 0 amide bonds. The number of rotatable bonds is 2. The molecule has 0 aromatic heterocycles. The van der Waals surface area contributed by atoms with Crippen molar-refractivity contribution in [1.29, 1.82) is 5.26 Å². The molecule has 6 heteroatoms. The highest BCUT2D eigenvalue weighted by Gasteiger charge is 2.15. The Morgan fingerprint density at radius 2 is 2.00 bits per heavy atom. The fraction of sp³-hybridized carbons (Fsp3) is 0. The van der Waals surface area contributed by atoms with Crippen molar-refractivity contribution in [2.45, 2.75) is 4.90 Å². The lowest BCUT2D eigenvalue weighted by Gasteiger charge is -2.02. The van der Waals surface area contributed by atoms with Crippen LogP contribution in [-0.4, -0.2) is 8.42 Å². The van der Waals surface area contributed by atoms with Crippen molar-refractivity contribution in [1.82, 2.24) is 4.83 Å². The van der Waals surface area contributed by atoms with Crippen LogP contribution >= 0.6 is 0 Å². The second kappa shape index (κ2) is 3.53. The summed E-state index contributed by atoms with van der Waals surface area (Å²) >= 11 is 0. The van der Waals surface area contributed by atoms with E-state index in [1.54, 1.807) is 17.0 Å². The first-order chi connectivity index (χ1) is 6.11. The summed E-state index contributed by atoms with van der Waals surface area (Å²) in [5.74, 6) is 4.81. The van der Waals surface area contributed by atoms with Gasteiger partial charge < -0.3 is 0 Å². The zero-order valence-corrected chi connectivity index (χ0v) is 7.38. The van der Waals surface area contributed by atoms with E-state index in [4.69, 9.17) is 11.1 Å². The quantitative estimate of drug-likeness (QED) is 0.503. The average molecular weight is 197 g/mol. The Bertz CT molecular complexity index is 447. The molecule has 0 aliphatic heterocycles. The third kappa shape index (κ3) is 1.84. The molecule has 0 heterocycles.